The topological polar surface area (TPSA) is 50.8 Å². The van der Waals surface area contributed by atoms with Gasteiger partial charge in [-0.05, 0) is 25.5 Å². The molecule has 4 heteroatoms. The Morgan fingerprint density at radius 3 is 2.95 bits per heavy atom. The second-order valence-electron chi connectivity index (χ2n) is 4.39. The zero-order valence-corrected chi connectivity index (χ0v) is 11.3. The molecule has 0 radical (unpaired) electrons. The number of ether oxygens (including phenoxy) is 1. The van der Waals surface area contributed by atoms with Crippen LogP contribution in [0.2, 0.25) is 0 Å². The molecule has 0 spiro atoms. The molecule has 0 saturated heterocycles. The highest BCUT2D eigenvalue weighted by molar-refractivity contribution is 5.75. The third kappa shape index (κ3) is 3.33. The minimum atomic E-state index is 0.466. The Balaban J connectivity index is 1.95. The summed E-state index contributed by atoms with van der Waals surface area (Å²) in [7, 11) is 0. The number of benzene rings is 1. The van der Waals surface area contributed by atoms with Gasteiger partial charge in [-0.1, -0.05) is 12.1 Å². The van der Waals surface area contributed by atoms with E-state index >= 15 is 0 Å². The normalized spacial score (nSPS) is 10.7. The minimum absolute atomic E-state index is 0.466. The van der Waals surface area contributed by atoms with Crippen molar-refractivity contribution in [3.63, 3.8) is 0 Å². The fourth-order valence-corrected chi connectivity index (χ4v) is 2.22. The van der Waals surface area contributed by atoms with Crippen molar-refractivity contribution in [3.8, 4) is 6.07 Å². The molecular formula is C15H19N3O. The van der Waals surface area contributed by atoms with Crippen LogP contribution in [-0.2, 0) is 17.7 Å². The minimum Gasteiger partial charge on any atom is -0.380 e. The Kier molecular flexibility index (Phi) is 4.93. The predicted octanol–water partition coefficient (Wildman–Crippen LogP) is 2.92. The van der Waals surface area contributed by atoms with Crippen molar-refractivity contribution in [2.45, 2.75) is 32.7 Å². The summed E-state index contributed by atoms with van der Waals surface area (Å²) in [5.74, 6) is 1.12. The Hall–Kier alpha value is -1.86. The van der Waals surface area contributed by atoms with Gasteiger partial charge in [0.1, 0.15) is 5.82 Å². The third-order valence-electron chi connectivity index (χ3n) is 3.10. The fourth-order valence-electron chi connectivity index (χ4n) is 2.22. The molecular weight excluding hydrogens is 238 g/mol. The standard InChI is InChI=1S/C15H19N3O/c1-2-18-14-8-4-3-7-13(14)17-15(18)9-5-11-19-12-6-10-16/h3-4,7-8H,2,5-6,9,11-12H2,1H3. The van der Waals surface area contributed by atoms with E-state index < -0.39 is 0 Å². The van der Waals surface area contributed by atoms with Crippen LogP contribution in [0.3, 0.4) is 0 Å². The maximum absolute atomic E-state index is 8.41. The molecule has 0 bridgehead atoms. The van der Waals surface area contributed by atoms with E-state index in [2.05, 4.69) is 34.7 Å². The molecule has 0 unspecified atom stereocenters. The van der Waals surface area contributed by atoms with E-state index in [1.165, 1.54) is 5.52 Å². The first-order valence-corrected chi connectivity index (χ1v) is 6.75. The van der Waals surface area contributed by atoms with Crippen LogP contribution in [0.25, 0.3) is 11.0 Å². The first kappa shape index (κ1) is 13.6. The Morgan fingerprint density at radius 2 is 2.16 bits per heavy atom. The third-order valence-corrected chi connectivity index (χ3v) is 3.10. The van der Waals surface area contributed by atoms with Crippen molar-refractivity contribution in [1.29, 1.82) is 5.26 Å². The summed E-state index contributed by atoms with van der Waals surface area (Å²) in [4.78, 5) is 4.67. The first-order chi connectivity index (χ1) is 9.36. The molecule has 0 aliphatic carbocycles. The van der Waals surface area contributed by atoms with Gasteiger partial charge < -0.3 is 9.30 Å². The maximum atomic E-state index is 8.41. The summed E-state index contributed by atoms with van der Waals surface area (Å²) in [5, 5.41) is 8.41. The highest BCUT2D eigenvalue weighted by Crippen LogP contribution is 2.16. The van der Waals surface area contributed by atoms with E-state index in [4.69, 9.17) is 10.00 Å². The van der Waals surface area contributed by atoms with Gasteiger partial charge in [-0.25, -0.2) is 4.98 Å². The number of hydrogen-bond acceptors (Lipinski definition) is 3. The van der Waals surface area contributed by atoms with E-state index in [9.17, 15) is 0 Å². The summed E-state index contributed by atoms with van der Waals surface area (Å²) in [6.07, 6.45) is 2.32. The molecule has 0 aliphatic rings. The van der Waals surface area contributed by atoms with Crippen LogP contribution in [0.4, 0.5) is 0 Å². The van der Waals surface area contributed by atoms with Crippen LogP contribution in [0.15, 0.2) is 24.3 Å². The molecule has 2 rings (SSSR count). The molecule has 1 heterocycles. The van der Waals surface area contributed by atoms with Crippen molar-refractivity contribution >= 4 is 11.0 Å². The molecule has 0 fully saturated rings. The first-order valence-electron chi connectivity index (χ1n) is 6.75. The van der Waals surface area contributed by atoms with E-state index in [1.54, 1.807) is 0 Å². The molecule has 19 heavy (non-hydrogen) atoms. The monoisotopic (exact) mass is 257 g/mol. The number of aromatic nitrogens is 2. The zero-order chi connectivity index (χ0) is 13.5. The van der Waals surface area contributed by atoms with Crippen LogP contribution in [0.5, 0.6) is 0 Å². The van der Waals surface area contributed by atoms with Gasteiger partial charge in [0.2, 0.25) is 0 Å². The van der Waals surface area contributed by atoms with Gasteiger partial charge in [0.15, 0.2) is 0 Å². The van der Waals surface area contributed by atoms with Gasteiger partial charge in [0.25, 0.3) is 0 Å². The van der Waals surface area contributed by atoms with Crippen molar-refractivity contribution in [3.05, 3.63) is 30.1 Å². The van der Waals surface area contributed by atoms with E-state index in [-0.39, 0.29) is 0 Å². The Labute approximate surface area is 113 Å². The highest BCUT2D eigenvalue weighted by Gasteiger charge is 2.08. The molecule has 0 aliphatic heterocycles. The second-order valence-corrected chi connectivity index (χ2v) is 4.39. The molecule has 1 aromatic carbocycles. The lowest BCUT2D eigenvalue weighted by atomic mass is 10.3. The van der Waals surface area contributed by atoms with E-state index in [0.717, 1.165) is 30.7 Å². The van der Waals surface area contributed by atoms with Crippen LogP contribution in [0, 0.1) is 11.3 Å². The number of aryl methyl sites for hydroxylation is 2. The Morgan fingerprint density at radius 1 is 1.32 bits per heavy atom. The summed E-state index contributed by atoms with van der Waals surface area (Å²) >= 11 is 0. The van der Waals surface area contributed by atoms with Crippen molar-refractivity contribution in [2.75, 3.05) is 13.2 Å². The van der Waals surface area contributed by atoms with Gasteiger partial charge in [-0.2, -0.15) is 5.26 Å². The molecule has 1 aromatic heterocycles. The molecule has 4 nitrogen and oxygen atoms in total. The number of rotatable bonds is 7. The molecule has 0 amide bonds. The lowest BCUT2D eigenvalue weighted by Crippen LogP contribution is -2.04. The molecule has 0 N–H and O–H groups in total. The number of fused-ring (bicyclic) bond motifs is 1. The summed E-state index contributed by atoms with van der Waals surface area (Å²) in [6.45, 7) is 4.29. The summed E-state index contributed by atoms with van der Waals surface area (Å²) in [5.41, 5.74) is 2.26. The smallest absolute Gasteiger partial charge is 0.109 e. The molecule has 0 atom stereocenters. The van der Waals surface area contributed by atoms with E-state index in [1.807, 2.05) is 12.1 Å². The van der Waals surface area contributed by atoms with Gasteiger partial charge in [0.05, 0.1) is 30.1 Å². The molecule has 100 valence electrons. The van der Waals surface area contributed by atoms with Crippen LogP contribution < -0.4 is 0 Å². The summed E-state index contributed by atoms with van der Waals surface area (Å²) in [6, 6.07) is 10.3. The van der Waals surface area contributed by atoms with Gasteiger partial charge >= 0.3 is 0 Å². The average molecular weight is 257 g/mol. The zero-order valence-electron chi connectivity index (χ0n) is 11.3. The fraction of sp³-hybridized carbons (Fsp3) is 0.467. The predicted molar refractivity (Wildman–Crippen MR) is 74.8 cm³/mol. The van der Waals surface area contributed by atoms with Crippen LogP contribution >= 0.6 is 0 Å². The van der Waals surface area contributed by atoms with Gasteiger partial charge in [-0.15, -0.1) is 0 Å². The lowest BCUT2D eigenvalue weighted by molar-refractivity contribution is 0.137. The maximum Gasteiger partial charge on any atom is 0.109 e. The number of imidazole rings is 1. The number of nitrogens with zero attached hydrogens (tertiary/aromatic N) is 3. The van der Waals surface area contributed by atoms with Crippen molar-refractivity contribution in [1.82, 2.24) is 9.55 Å². The summed E-state index contributed by atoms with van der Waals surface area (Å²) < 4.78 is 7.64. The van der Waals surface area contributed by atoms with Crippen LogP contribution in [-0.4, -0.2) is 22.8 Å². The number of nitriles is 1. The SMILES string of the molecule is CCn1c(CCCOCCC#N)nc2ccccc21. The molecule has 2 aromatic rings. The molecule has 0 saturated carbocycles. The largest absolute Gasteiger partial charge is 0.380 e. The highest BCUT2D eigenvalue weighted by atomic mass is 16.5. The number of hydrogen-bond donors (Lipinski definition) is 0. The van der Waals surface area contributed by atoms with Crippen molar-refractivity contribution in [2.24, 2.45) is 0 Å². The average Bonchev–Trinajstić information content (AvgIpc) is 2.80. The number of para-hydroxylation sites is 2. The van der Waals surface area contributed by atoms with E-state index in [0.29, 0.717) is 19.6 Å². The second kappa shape index (κ2) is 6.91. The lowest BCUT2D eigenvalue weighted by Gasteiger charge is -2.06. The van der Waals surface area contributed by atoms with Gasteiger partial charge in [-0.3, -0.25) is 0 Å². The quantitative estimate of drug-likeness (QED) is 0.717. The Bertz CT molecular complexity index is 568. The van der Waals surface area contributed by atoms with Crippen LogP contribution in [0.1, 0.15) is 25.6 Å². The van der Waals surface area contributed by atoms with Gasteiger partial charge in [0, 0.05) is 19.6 Å². The van der Waals surface area contributed by atoms with Crippen molar-refractivity contribution < 1.29 is 4.74 Å².